The number of aromatic nitrogens is 4. The van der Waals surface area contributed by atoms with Crippen molar-refractivity contribution in [3.05, 3.63) is 78.0 Å². The van der Waals surface area contributed by atoms with Gasteiger partial charge < -0.3 is 54.1 Å². The highest BCUT2D eigenvalue weighted by Gasteiger charge is 2.45. The maximum atomic E-state index is 14.1. The Hall–Kier alpha value is -6.46. The molecule has 64 heavy (non-hydrogen) atoms. The van der Waals surface area contributed by atoms with Crippen LogP contribution >= 0.6 is 0 Å². The second kappa shape index (κ2) is 18.0. The predicted octanol–water partition coefficient (Wildman–Crippen LogP) is 6.56. The number of nitrogens with one attached hydrogen (secondary N) is 4. The molecule has 2 saturated heterocycles. The Morgan fingerprint density at radius 3 is 2.36 bits per heavy atom. The van der Waals surface area contributed by atoms with Gasteiger partial charge in [0.05, 0.1) is 55.9 Å². The fraction of sp³-hybridized carbons (Fsp3) is 0.447. The van der Waals surface area contributed by atoms with Gasteiger partial charge in [-0.25, -0.2) is 19.6 Å². The van der Waals surface area contributed by atoms with Crippen LogP contribution in [0, 0.1) is 11.8 Å². The Kier molecular flexibility index (Phi) is 12.4. The summed E-state index contributed by atoms with van der Waals surface area (Å²) in [5.74, 6) is 1.14. The van der Waals surface area contributed by atoms with Crippen LogP contribution in [0.5, 0.6) is 5.75 Å². The fourth-order valence-corrected chi connectivity index (χ4v) is 9.40. The van der Waals surface area contributed by atoms with Crippen molar-refractivity contribution in [3.8, 4) is 28.1 Å². The summed E-state index contributed by atoms with van der Waals surface area (Å²) >= 11 is 0. The topological polar surface area (TPSA) is 202 Å². The first kappa shape index (κ1) is 44.2. The zero-order valence-electron chi connectivity index (χ0n) is 37.4. The van der Waals surface area contributed by atoms with E-state index in [-0.39, 0.29) is 35.7 Å². The lowest BCUT2D eigenvalue weighted by molar-refractivity contribution is -0.138. The molecule has 17 heteroatoms. The number of aromatic amines is 2. The lowest BCUT2D eigenvalue weighted by Gasteiger charge is -2.32. The molecule has 3 aromatic carbocycles. The van der Waals surface area contributed by atoms with E-state index in [4.69, 9.17) is 33.7 Å². The van der Waals surface area contributed by atoms with Crippen LogP contribution in [0.2, 0.25) is 0 Å². The number of amides is 4. The first-order valence-corrected chi connectivity index (χ1v) is 21.6. The van der Waals surface area contributed by atoms with Gasteiger partial charge in [-0.05, 0) is 84.5 Å². The molecule has 0 spiro atoms. The van der Waals surface area contributed by atoms with Gasteiger partial charge in [-0.15, -0.1) is 0 Å². The van der Waals surface area contributed by atoms with Crippen molar-refractivity contribution in [2.45, 2.75) is 83.5 Å². The number of likely N-dealkylation sites (tertiary alicyclic amines) is 2. The van der Waals surface area contributed by atoms with Crippen molar-refractivity contribution < 1.29 is 42.9 Å². The molecule has 0 saturated carbocycles. The van der Waals surface area contributed by atoms with Crippen molar-refractivity contribution >= 4 is 45.8 Å². The molecule has 8 rings (SSSR count). The van der Waals surface area contributed by atoms with Gasteiger partial charge in [-0.2, -0.15) is 0 Å². The van der Waals surface area contributed by atoms with E-state index in [1.54, 1.807) is 25.1 Å². The summed E-state index contributed by atoms with van der Waals surface area (Å²) in [6.07, 6.45) is 1.26. The number of nitrogens with zero attached hydrogens (tertiary/aromatic N) is 4. The fourth-order valence-electron chi connectivity index (χ4n) is 9.40. The molecule has 4 amide bonds. The Morgan fingerprint density at radius 2 is 1.66 bits per heavy atom. The van der Waals surface area contributed by atoms with E-state index < -0.39 is 36.4 Å². The minimum absolute atomic E-state index is 0.0387. The molecule has 338 valence electrons. The van der Waals surface area contributed by atoms with Gasteiger partial charge in [0.25, 0.3) is 0 Å². The lowest BCUT2D eigenvalue weighted by Crippen LogP contribution is -2.54. The lowest BCUT2D eigenvalue weighted by atomic mass is 9.92. The molecule has 7 atom stereocenters. The number of imidazole rings is 2. The van der Waals surface area contributed by atoms with E-state index in [1.165, 1.54) is 21.3 Å². The SMILES string of the molecule is C=C1[C@H](COC)CN(C(=O)[C@@H](NC(=O)OC)[C@@H](C)OC)[C@@H]1c1ncc(-c2ccc3c(c2)COc2cc4c(ccc5[nH]c([C@@H]6CC[C@H](C)N6C(=O)[C@@H](NC(=O)OC)C(C)C)nc54)cc2-3)[nH]1. The molecule has 0 aliphatic carbocycles. The number of alkyl carbamates (subject to hydrolysis) is 2. The Balaban J connectivity index is 1.06. The first-order valence-electron chi connectivity index (χ1n) is 21.6. The first-order chi connectivity index (χ1) is 30.8. The van der Waals surface area contributed by atoms with Gasteiger partial charge in [-0.3, -0.25) is 9.59 Å². The molecule has 3 aliphatic rings. The average molecular weight is 877 g/mol. The van der Waals surface area contributed by atoms with Crippen LogP contribution in [0.15, 0.2) is 60.8 Å². The summed E-state index contributed by atoms with van der Waals surface area (Å²) in [4.78, 5) is 72.9. The monoisotopic (exact) mass is 876 g/mol. The highest BCUT2D eigenvalue weighted by molar-refractivity contribution is 6.07. The third kappa shape index (κ3) is 8.02. The Bertz CT molecular complexity index is 2620. The molecule has 0 unspecified atom stereocenters. The quantitative estimate of drug-likeness (QED) is 0.0990. The van der Waals surface area contributed by atoms with Crippen molar-refractivity contribution in [2.24, 2.45) is 11.8 Å². The number of benzene rings is 3. The Labute approximate surface area is 371 Å². The minimum atomic E-state index is -1.02. The van der Waals surface area contributed by atoms with Crippen LogP contribution in [0.3, 0.4) is 0 Å². The summed E-state index contributed by atoms with van der Waals surface area (Å²) in [5, 5.41) is 7.28. The number of rotatable bonds is 12. The molecule has 5 heterocycles. The zero-order valence-corrected chi connectivity index (χ0v) is 37.4. The van der Waals surface area contributed by atoms with Crippen LogP contribution in [0.25, 0.3) is 44.2 Å². The third-order valence-corrected chi connectivity index (χ3v) is 13.0. The van der Waals surface area contributed by atoms with Crippen LogP contribution < -0.4 is 15.4 Å². The van der Waals surface area contributed by atoms with Crippen molar-refractivity contribution in [2.75, 3.05) is 41.6 Å². The van der Waals surface area contributed by atoms with Crippen molar-refractivity contribution in [3.63, 3.8) is 0 Å². The summed E-state index contributed by atoms with van der Waals surface area (Å²) < 4.78 is 27.0. The van der Waals surface area contributed by atoms with E-state index in [9.17, 15) is 19.2 Å². The molecule has 5 aromatic rings. The number of carbonyl (C=O) groups is 4. The van der Waals surface area contributed by atoms with Crippen LogP contribution in [0.4, 0.5) is 9.59 Å². The number of H-pyrrole nitrogens is 2. The molecule has 0 radical (unpaired) electrons. The number of hydrogen-bond acceptors (Lipinski definition) is 11. The van der Waals surface area contributed by atoms with Gasteiger partial charge in [-0.1, -0.05) is 38.6 Å². The number of methoxy groups -OCH3 is 4. The van der Waals surface area contributed by atoms with Crippen molar-refractivity contribution in [1.82, 2.24) is 40.4 Å². The molecule has 17 nitrogen and oxygen atoms in total. The van der Waals surface area contributed by atoms with E-state index in [0.29, 0.717) is 31.4 Å². The minimum Gasteiger partial charge on any atom is -0.488 e. The van der Waals surface area contributed by atoms with Crippen LogP contribution in [-0.2, 0) is 35.1 Å². The van der Waals surface area contributed by atoms with E-state index in [0.717, 1.165) is 73.9 Å². The van der Waals surface area contributed by atoms with Gasteiger partial charge >= 0.3 is 12.2 Å². The normalized spacial score (nSPS) is 20.7. The number of hydrogen-bond donors (Lipinski definition) is 4. The maximum absolute atomic E-state index is 14.1. The summed E-state index contributed by atoms with van der Waals surface area (Å²) in [6, 6.07) is 11.8. The third-order valence-electron chi connectivity index (χ3n) is 13.0. The standard InChI is InChI=1S/C47H56N8O9/c1-23(2)38(52-46(58)62-8)45(57)55-24(3)10-15-36(55)42-49-34-14-12-27-17-33-31-13-11-28(16-29(31)22-64-37(33)18-32(27)40(34)51-42)35-19-48-43(50-35)41-25(4)30(21-60-6)20-54(41)44(56)39(26(5)61-7)53-47(59)63-9/h11-14,16-19,23-24,26,30,36,38-39,41H,4,10,15,20-22H2,1-3,5-9H3,(H,48,50)(H,49,51)(H,52,58)(H,53,59)/t24-,26+,30-,36-,38-,39-,41-/m0/s1. The molecular formula is C47H56N8O9. The molecule has 0 bridgehead atoms. The summed E-state index contributed by atoms with van der Waals surface area (Å²) in [7, 11) is 5.61. The number of fused-ring (bicyclic) bond motifs is 6. The molecule has 3 aliphatic heterocycles. The molecule has 4 N–H and O–H groups in total. The average Bonchev–Trinajstić information content (AvgIpc) is 4.11. The predicted molar refractivity (Wildman–Crippen MR) is 238 cm³/mol. The van der Waals surface area contributed by atoms with E-state index in [2.05, 4.69) is 51.4 Å². The van der Waals surface area contributed by atoms with E-state index in [1.807, 2.05) is 43.9 Å². The second-order valence-electron chi connectivity index (χ2n) is 17.2. The second-order valence-corrected chi connectivity index (χ2v) is 17.2. The zero-order chi connectivity index (χ0) is 45.6. The highest BCUT2D eigenvalue weighted by atomic mass is 16.5. The molecular weight excluding hydrogens is 821 g/mol. The van der Waals surface area contributed by atoms with Gasteiger partial charge in [0.1, 0.15) is 42.1 Å². The van der Waals surface area contributed by atoms with Gasteiger partial charge in [0, 0.05) is 43.7 Å². The van der Waals surface area contributed by atoms with Gasteiger partial charge in [0.15, 0.2) is 0 Å². The maximum Gasteiger partial charge on any atom is 0.407 e. The molecule has 2 aromatic heterocycles. The van der Waals surface area contributed by atoms with Gasteiger partial charge in [0.2, 0.25) is 11.8 Å². The smallest absolute Gasteiger partial charge is 0.407 e. The van der Waals surface area contributed by atoms with Crippen LogP contribution in [-0.4, -0.2) is 120 Å². The highest BCUT2D eigenvalue weighted by Crippen LogP contribution is 2.44. The van der Waals surface area contributed by atoms with Crippen molar-refractivity contribution in [1.29, 1.82) is 0 Å². The summed E-state index contributed by atoms with van der Waals surface area (Å²) in [6.45, 7) is 12.9. The van der Waals surface area contributed by atoms with Crippen LogP contribution in [0.1, 0.15) is 69.8 Å². The molecule has 2 fully saturated rings. The number of ether oxygens (including phenoxy) is 5. The Morgan fingerprint density at radius 1 is 0.906 bits per heavy atom. The van der Waals surface area contributed by atoms with E-state index >= 15 is 0 Å². The largest absolute Gasteiger partial charge is 0.488 e. The summed E-state index contributed by atoms with van der Waals surface area (Å²) in [5.41, 5.74) is 7.05. The number of carbonyl (C=O) groups excluding carboxylic acids is 4.